The fraction of sp³-hybridized carbons (Fsp3) is 0.500. The van der Waals surface area contributed by atoms with Gasteiger partial charge in [0.25, 0.3) is 0 Å². The van der Waals surface area contributed by atoms with Crippen LogP contribution in [0.15, 0.2) is 18.5 Å². The Morgan fingerprint density at radius 1 is 1.30 bits per heavy atom. The van der Waals surface area contributed by atoms with Gasteiger partial charge in [0.05, 0.1) is 17.2 Å². The summed E-state index contributed by atoms with van der Waals surface area (Å²) < 4.78 is 65.3. The minimum Gasteiger partial charge on any atom is -0.491 e. The van der Waals surface area contributed by atoms with Crippen LogP contribution < -0.4 is 61.6 Å². The molecule has 1 aromatic rings. The topological polar surface area (TPSA) is 56.3 Å². The van der Waals surface area contributed by atoms with E-state index < -0.39 is 27.5 Å². The summed E-state index contributed by atoms with van der Waals surface area (Å²) >= 11 is 0. The first-order chi connectivity index (χ1) is 8.63. The minimum absolute atomic E-state index is 0. The number of ether oxygens (including phenoxy) is 1. The first kappa shape index (κ1) is 20.4. The Morgan fingerprint density at radius 3 is 2.40 bits per heavy atom. The van der Waals surface area contributed by atoms with Gasteiger partial charge in [0, 0.05) is 6.20 Å². The molecule has 0 atom stereocenters. The average molecular weight is 335 g/mol. The molecule has 0 aliphatic heterocycles. The van der Waals surface area contributed by atoms with E-state index in [1.54, 1.807) is 0 Å². The molecule has 10 heteroatoms. The minimum atomic E-state index is -5.14. The van der Waals surface area contributed by atoms with Crippen molar-refractivity contribution in [2.24, 2.45) is 0 Å². The third-order valence-electron chi connectivity index (χ3n) is 2.47. The molecule has 0 N–H and O–H groups in total. The predicted octanol–water partition coefficient (Wildman–Crippen LogP) is -1.66. The maximum atomic E-state index is 12.5. The SMILES string of the molecule is CC(C)S(=O)(=O)CCOc1cncc([B-](F)(F)F)c1.[K+]. The van der Waals surface area contributed by atoms with Crippen molar-refractivity contribution in [1.82, 2.24) is 4.98 Å². The predicted molar refractivity (Wildman–Crippen MR) is 67.4 cm³/mol. The summed E-state index contributed by atoms with van der Waals surface area (Å²) in [5.41, 5.74) is -0.871. The van der Waals surface area contributed by atoms with E-state index in [2.05, 4.69) is 4.98 Å². The van der Waals surface area contributed by atoms with E-state index >= 15 is 0 Å². The standard InChI is InChI=1S/C10H14BF3NO3S.K/c1-8(2)19(16,17)4-3-18-10-5-9(6-15-7-10)11(12,13)14;/h5-8H,3-4H2,1-2H3;/q-1;+1. The molecule has 4 nitrogen and oxygen atoms in total. The van der Waals surface area contributed by atoms with Crippen LogP contribution in [0.4, 0.5) is 12.9 Å². The van der Waals surface area contributed by atoms with Gasteiger partial charge in [-0.15, -0.1) is 0 Å². The van der Waals surface area contributed by atoms with Crippen LogP contribution in [0.3, 0.4) is 0 Å². The molecular weight excluding hydrogens is 321 g/mol. The van der Waals surface area contributed by atoms with E-state index in [0.29, 0.717) is 6.20 Å². The number of aromatic nitrogens is 1. The molecule has 0 bridgehead atoms. The van der Waals surface area contributed by atoms with Crippen LogP contribution in [0.1, 0.15) is 13.8 Å². The molecule has 0 saturated heterocycles. The third kappa shape index (κ3) is 6.44. The Kier molecular flexibility index (Phi) is 8.30. The summed E-state index contributed by atoms with van der Waals surface area (Å²) in [4.78, 5) is 3.42. The molecule has 0 spiro atoms. The van der Waals surface area contributed by atoms with Gasteiger partial charge in [-0.2, -0.15) is 0 Å². The van der Waals surface area contributed by atoms with Crippen molar-refractivity contribution in [3.8, 4) is 5.75 Å². The number of sulfone groups is 1. The molecule has 0 radical (unpaired) electrons. The molecule has 1 aromatic heterocycles. The molecule has 20 heavy (non-hydrogen) atoms. The normalized spacial score (nSPS) is 12.1. The number of hydrogen-bond donors (Lipinski definition) is 0. The summed E-state index contributed by atoms with van der Waals surface area (Å²) in [6, 6.07) is 0.814. The van der Waals surface area contributed by atoms with E-state index in [1.807, 2.05) is 0 Å². The quantitative estimate of drug-likeness (QED) is 0.584. The van der Waals surface area contributed by atoms with Gasteiger partial charge in [-0.25, -0.2) is 8.42 Å². The zero-order valence-corrected chi connectivity index (χ0v) is 15.5. The second-order valence-electron chi connectivity index (χ2n) is 4.29. The fourth-order valence-corrected chi connectivity index (χ4v) is 1.99. The third-order valence-corrected chi connectivity index (χ3v) is 4.64. The van der Waals surface area contributed by atoms with Crippen molar-refractivity contribution in [2.45, 2.75) is 19.1 Å². The average Bonchev–Trinajstić information content (AvgIpc) is 2.28. The van der Waals surface area contributed by atoms with Gasteiger partial charge >= 0.3 is 58.4 Å². The van der Waals surface area contributed by atoms with Gasteiger partial charge in [-0.1, -0.05) is 5.46 Å². The van der Waals surface area contributed by atoms with Crippen molar-refractivity contribution in [1.29, 1.82) is 0 Å². The molecule has 1 heterocycles. The zero-order valence-electron chi connectivity index (χ0n) is 11.5. The number of halogens is 3. The van der Waals surface area contributed by atoms with Crippen LogP contribution in [-0.4, -0.2) is 38.0 Å². The van der Waals surface area contributed by atoms with Crippen molar-refractivity contribution >= 4 is 22.3 Å². The van der Waals surface area contributed by atoms with E-state index in [9.17, 15) is 21.4 Å². The monoisotopic (exact) mass is 335 g/mol. The number of pyridine rings is 1. The van der Waals surface area contributed by atoms with E-state index in [-0.39, 0.29) is 69.5 Å². The molecule has 1 rings (SSSR count). The van der Waals surface area contributed by atoms with Crippen molar-refractivity contribution in [3.05, 3.63) is 18.5 Å². The van der Waals surface area contributed by atoms with Crippen molar-refractivity contribution in [3.63, 3.8) is 0 Å². The van der Waals surface area contributed by atoms with Gasteiger partial charge in [-0.3, -0.25) is 4.98 Å². The van der Waals surface area contributed by atoms with Crippen LogP contribution in [-0.2, 0) is 9.84 Å². The van der Waals surface area contributed by atoms with Gasteiger partial charge in [0.2, 0.25) is 0 Å². The number of nitrogens with zero attached hydrogens (tertiary/aromatic N) is 1. The first-order valence-electron chi connectivity index (χ1n) is 5.62. The van der Waals surface area contributed by atoms with Gasteiger partial charge in [-0.05, 0) is 19.9 Å². The van der Waals surface area contributed by atoms with Gasteiger partial charge in [0.1, 0.15) is 12.4 Å². The maximum Gasteiger partial charge on any atom is 1.00 e. The second-order valence-corrected chi connectivity index (χ2v) is 6.97. The smallest absolute Gasteiger partial charge is 0.491 e. The maximum absolute atomic E-state index is 12.5. The van der Waals surface area contributed by atoms with Gasteiger partial charge in [0.15, 0.2) is 9.84 Å². The zero-order chi connectivity index (χ0) is 14.7. The fourth-order valence-electron chi connectivity index (χ4n) is 1.20. The summed E-state index contributed by atoms with van der Waals surface area (Å²) in [5, 5.41) is -0.543. The molecule has 0 saturated carbocycles. The van der Waals surface area contributed by atoms with Crippen LogP contribution in [0.2, 0.25) is 0 Å². The number of rotatable bonds is 6. The summed E-state index contributed by atoms with van der Waals surface area (Å²) in [6.45, 7) is -2.28. The molecule has 0 aliphatic carbocycles. The van der Waals surface area contributed by atoms with Gasteiger partial charge < -0.3 is 17.7 Å². The van der Waals surface area contributed by atoms with E-state index in [0.717, 1.165) is 12.3 Å². The Bertz CT molecular complexity index is 537. The van der Waals surface area contributed by atoms with E-state index in [4.69, 9.17) is 4.74 Å². The summed E-state index contributed by atoms with van der Waals surface area (Å²) in [7, 11) is -3.27. The van der Waals surface area contributed by atoms with Crippen molar-refractivity contribution < 1.29 is 77.5 Å². The molecular formula is C10H14BF3KNO3S. The molecule has 0 fully saturated rings. The van der Waals surface area contributed by atoms with Crippen LogP contribution in [0.25, 0.3) is 0 Å². The number of hydrogen-bond acceptors (Lipinski definition) is 4. The van der Waals surface area contributed by atoms with Crippen LogP contribution in [0.5, 0.6) is 5.75 Å². The first-order valence-corrected chi connectivity index (χ1v) is 7.34. The Labute approximate surface area is 158 Å². The van der Waals surface area contributed by atoms with Crippen molar-refractivity contribution in [2.75, 3.05) is 12.4 Å². The largest absolute Gasteiger partial charge is 1.00 e. The molecule has 108 valence electrons. The van der Waals surface area contributed by atoms with Crippen LogP contribution in [0, 0.1) is 0 Å². The molecule has 0 aliphatic rings. The Morgan fingerprint density at radius 2 is 1.90 bits per heavy atom. The molecule has 0 amide bonds. The summed E-state index contributed by atoms with van der Waals surface area (Å²) in [5.74, 6) is -0.331. The second kappa shape index (κ2) is 8.14. The van der Waals surface area contributed by atoms with E-state index in [1.165, 1.54) is 13.8 Å². The molecule has 0 aromatic carbocycles. The Balaban J connectivity index is 0.00000361. The Hall–Kier alpha value is 0.391. The summed E-state index contributed by atoms with van der Waals surface area (Å²) in [6.07, 6.45) is 1.82. The molecule has 0 unspecified atom stereocenters. The van der Waals surface area contributed by atoms with Crippen LogP contribution >= 0.6 is 0 Å².